The van der Waals surface area contributed by atoms with Gasteiger partial charge in [0.2, 0.25) is 5.91 Å². The zero-order chi connectivity index (χ0) is 13.5. The van der Waals surface area contributed by atoms with Crippen LogP contribution >= 0.6 is 0 Å². The van der Waals surface area contributed by atoms with Crippen molar-refractivity contribution >= 4 is 5.91 Å². The summed E-state index contributed by atoms with van der Waals surface area (Å²) < 4.78 is 0. The van der Waals surface area contributed by atoms with E-state index >= 15 is 0 Å². The van der Waals surface area contributed by atoms with E-state index in [1.165, 1.54) is 0 Å². The highest BCUT2D eigenvalue weighted by molar-refractivity contribution is 5.83. The lowest BCUT2D eigenvalue weighted by atomic mass is 9.80. The second-order valence-electron chi connectivity index (χ2n) is 4.79. The van der Waals surface area contributed by atoms with Gasteiger partial charge in [-0.1, -0.05) is 27.7 Å². The van der Waals surface area contributed by atoms with Crippen molar-refractivity contribution < 1.29 is 9.90 Å². The summed E-state index contributed by atoms with van der Waals surface area (Å²) in [4.78, 5) is 12.3. The Morgan fingerprint density at radius 1 is 1.12 bits per heavy atom. The molecule has 0 rings (SSSR count). The molecule has 0 aliphatic rings. The Morgan fingerprint density at radius 3 is 1.82 bits per heavy atom. The molecule has 0 atom stereocenters. The molecule has 0 aromatic heterocycles. The van der Waals surface area contributed by atoms with Crippen LogP contribution in [0.25, 0.3) is 0 Å². The molecule has 17 heavy (non-hydrogen) atoms. The Kier molecular flexibility index (Phi) is 6.72. The van der Waals surface area contributed by atoms with Crippen LogP contribution in [0, 0.1) is 5.41 Å². The molecule has 0 fully saturated rings. The topological polar surface area (TPSA) is 75.3 Å². The third-order valence-corrected chi connectivity index (χ3v) is 4.26. The lowest BCUT2D eigenvalue weighted by Crippen LogP contribution is -2.56. The third kappa shape index (κ3) is 3.42. The highest BCUT2D eigenvalue weighted by atomic mass is 16.3. The molecule has 0 aliphatic heterocycles. The van der Waals surface area contributed by atoms with Gasteiger partial charge in [0.15, 0.2) is 0 Å². The fourth-order valence-corrected chi connectivity index (χ4v) is 2.02. The average molecular weight is 244 g/mol. The Morgan fingerprint density at radius 2 is 1.59 bits per heavy atom. The molecule has 0 heterocycles. The smallest absolute Gasteiger partial charge is 0.227 e. The molecule has 0 saturated carbocycles. The molecular weight excluding hydrogens is 216 g/mol. The number of hydrogen-bond donors (Lipinski definition) is 3. The first kappa shape index (κ1) is 16.4. The van der Waals surface area contributed by atoms with E-state index in [1.807, 2.05) is 27.7 Å². The molecule has 1 amide bonds. The van der Waals surface area contributed by atoms with Gasteiger partial charge in [-0.15, -0.1) is 0 Å². The van der Waals surface area contributed by atoms with Gasteiger partial charge < -0.3 is 16.2 Å². The molecule has 4 heteroatoms. The van der Waals surface area contributed by atoms with Crippen LogP contribution in [0.1, 0.15) is 53.4 Å². The molecule has 0 radical (unpaired) electrons. The van der Waals surface area contributed by atoms with Crippen LogP contribution in [0.2, 0.25) is 0 Å². The van der Waals surface area contributed by atoms with E-state index in [9.17, 15) is 9.90 Å². The predicted octanol–water partition coefficient (Wildman–Crippen LogP) is 1.42. The number of amides is 1. The lowest BCUT2D eigenvalue weighted by Gasteiger charge is -2.37. The first-order chi connectivity index (χ1) is 7.99. The van der Waals surface area contributed by atoms with Gasteiger partial charge in [0.05, 0.1) is 17.6 Å². The number of nitrogens with one attached hydrogen (secondary N) is 1. The van der Waals surface area contributed by atoms with Gasteiger partial charge in [-0.3, -0.25) is 4.79 Å². The summed E-state index contributed by atoms with van der Waals surface area (Å²) in [5.74, 6) is -0.0252. The molecular formula is C13H28N2O2. The molecule has 0 bridgehead atoms. The predicted molar refractivity (Wildman–Crippen MR) is 70.6 cm³/mol. The second-order valence-corrected chi connectivity index (χ2v) is 4.79. The Balaban J connectivity index is 4.92. The number of aliphatic hydroxyl groups is 1. The van der Waals surface area contributed by atoms with Crippen molar-refractivity contribution in [3.8, 4) is 0 Å². The summed E-state index contributed by atoms with van der Waals surface area (Å²) in [6, 6.07) is 0. The van der Waals surface area contributed by atoms with Gasteiger partial charge >= 0.3 is 0 Å². The molecule has 0 aliphatic carbocycles. The van der Waals surface area contributed by atoms with E-state index in [1.54, 1.807) is 0 Å². The number of carbonyl (C=O) groups excluding carboxylic acids is 1. The Hall–Kier alpha value is -0.610. The highest BCUT2D eigenvalue weighted by Gasteiger charge is 2.38. The molecule has 4 nitrogen and oxygen atoms in total. The van der Waals surface area contributed by atoms with Gasteiger partial charge in [0.25, 0.3) is 0 Å². The molecule has 4 N–H and O–H groups in total. The maximum Gasteiger partial charge on any atom is 0.227 e. The van der Waals surface area contributed by atoms with E-state index in [2.05, 4.69) is 5.32 Å². The summed E-state index contributed by atoms with van der Waals surface area (Å²) >= 11 is 0. The minimum absolute atomic E-state index is 0.0252. The lowest BCUT2D eigenvalue weighted by molar-refractivity contribution is -0.134. The number of hydrogen-bond acceptors (Lipinski definition) is 3. The minimum atomic E-state index is -0.498. The van der Waals surface area contributed by atoms with Crippen LogP contribution in [0.3, 0.4) is 0 Å². The van der Waals surface area contributed by atoms with E-state index < -0.39 is 11.0 Å². The second kappa shape index (κ2) is 6.97. The van der Waals surface area contributed by atoms with Crippen LogP contribution < -0.4 is 11.1 Å². The standard InChI is InChI=1S/C13H28N2O2/c1-5-12(6-2,9-14)11(17)15-13(7-3,8-4)10-16/h16H,5-10,14H2,1-4H3,(H,15,17). The molecule has 0 aromatic carbocycles. The zero-order valence-corrected chi connectivity index (χ0v) is 11.7. The molecule has 102 valence electrons. The fraction of sp³-hybridized carbons (Fsp3) is 0.923. The normalized spacial score (nSPS) is 12.6. The summed E-state index contributed by atoms with van der Waals surface area (Å²) in [6.45, 7) is 8.23. The molecule has 0 spiro atoms. The molecule has 0 aromatic rings. The Labute approximate surface area is 105 Å². The first-order valence-electron chi connectivity index (χ1n) is 6.63. The van der Waals surface area contributed by atoms with Crippen LogP contribution in [0.15, 0.2) is 0 Å². The van der Waals surface area contributed by atoms with Crippen molar-refractivity contribution in [2.75, 3.05) is 13.2 Å². The SMILES string of the molecule is CCC(CC)(CO)NC(=O)C(CC)(CC)CN. The molecule has 0 unspecified atom stereocenters. The van der Waals surface area contributed by atoms with E-state index in [0.29, 0.717) is 6.54 Å². The van der Waals surface area contributed by atoms with Crippen molar-refractivity contribution in [2.45, 2.75) is 58.9 Å². The number of aliphatic hydroxyl groups excluding tert-OH is 1. The van der Waals surface area contributed by atoms with E-state index in [4.69, 9.17) is 5.73 Å². The molecule has 0 saturated heterocycles. The van der Waals surface area contributed by atoms with Crippen LogP contribution in [0.4, 0.5) is 0 Å². The zero-order valence-electron chi connectivity index (χ0n) is 11.7. The number of carbonyl (C=O) groups is 1. The van der Waals surface area contributed by atoms with Gasteiger partial charge in [0.1, 0.15) is 0 Å². The first-order valence-corrected chi connectivity index (χ1v) is 6.63. The number of nitrogens with two attached hydrogens (primary N) is 1. The van der Waals surface area contributed by atoms with Gasteiger partial charge in [-0.2, -0.15) is 0 Å². The van der Waals surface area contributed by atoms with Crippen molar-refractivity contribution in [1.29, 1.82) is 0 Å². The van der Waals surface area contributed by atoms with E-state index in [-0.39, 0.29) is 12.5 Å². The van der Waals surface area contributed by atoms with Gasteiger partial charge in [-0.05, 0) is 25.7 Å². The quantitative estimate of drug-likeness (QED) is 0.604. The summed E-state index contributed by atoms with van der Waals surface area (Å²) in [7, 11) is 0. The summed E-state index contributed by atoms with van der Waals surface area (Å²) in [5, 5.41) is 12.5. The minimum Gasteiger partial charge on any atom is -0.394 e. The third-order valence-electron chi connectivity index (χ3n) is 4.26. The fourth-order valence-electron chi connectivity index (χ4n) is 2.02. The van der Waals surface area contributed by atoms with Crippen LogP contribution in [0.5, 0.6) is 0 Å². The maximum absolute atomic E-state index is 12.3. The van der Waals surface area contributed by atoms with Gasteiger partial charge in [-0.25, -0.2) is 0 Å². The van der Waals surface area contributed by atoms with E-state index in [0.717, 1.165) is 25.7 Å². The van der Waals surface area contributed by atoms with Crippen molar-refractivity contribution in [2.24, 2.45) is 11.1 Å². The monoisotopic (exact) mass is 244 g/mol. The number of rotatable bonds is 8. The van der Waals surface area contributed by atoms with Crippen molar-refractivity contribution in [1.82, 2.24) is 5.32 Å². The van der Waals surface area contributed by atoms with Crippen molar-refractivity contribution in [3.05, 3.63) is 0 Å². The Bertz CT molecular complexity index is 217. The largest absolute Gasteiger partial charge is 0.394 e. The van der Waals surface area contributed by atoms with Crippen LogP contribution in [-0.4, -0.2) is 29.7 Å². The average Bonchev–Trinajstić information content (AvgIpc) is 2.39. The summed E-state index contributed by atoms with van der Waals surface area (Å²) in [5.41, 5.74) is 4.76. The maximum atomic E-state index is 12.3. The van der Waals surface area contributed by atoms with Crippen LogP contribution in [-0.2, 0) is 4.79 Å². The van der Waals surface area contributed by atoms with Gasteiger partial charge in [0, 0.05) is 6.54 Å². The highest BCUT2D eigenvalue weighted by Crippen LogP contribution is 2.27. The van der Waals surface area contributed by atoms with Crippen molar-refractivity contribution in [3.63, 3.8) is 0 Å². The summed E-state index contributed by atoms with van der Waals surface area (Å²) in [6.07, 6.45) is 2.89.